The Morgan fingerprint density at radius 2 is 2.11 bits per heavy atom. The summed E-state index contributed by atoms with van der Waals surface area (Å²) in [4.78, 5) is 30.8. The molecule has 152 valence electrons. The summed E-state index contributed by atoms with van der Waals surface area (Å²) in [5.74, 6) is -1.20. The van der Waals surface area contributed by atoms with Crippen molar-refractivity contribution in [2.75, 3.05) is 13.1 Å². The molecule has 8 nitrogen and oxygen atoms in total. The summed E-state index contributed by atoms with van der Waals surface area (Å²) < 4.78 is 0. The van der Waals surface area contributed by atoms with Gasteiger partial charge in [-0.15, -0.1) is 0 Å². The molecule has 1 aliphatic rings. The fourth-order valence-electron chi connectivity index (χ4n) is 3.43. The number of nitrogens with one attached hydrogen (secondary N) is 1. The van der Waals surface area contributed by atoms with Gasteiger partial charge in [0.25, 0.3) is 0 Å². The zero-order valence-corrected chi connectivity index (χ0v) is 16.0. The first-order valence-corrected chi connectivity index (χ1v) is 9.73. The van der Waals surface area contributed by atoms with Crippen LogP contribution in [-0.2, 0) is 16.0 Å². The van der Waals surface area contributed by atoms with Gasteiger partial charge in [0.1, 0.15) is 6.04 Å². The molecule has 2 amide bonds. The van der Waals surface area contributed by atoms with Crippen LogP contribution in [-0.4, -0.2) is 65.3 Å². The minimum absolute atomic E-state index is 0.0557. The highest BCUT2D eigenvalue weighted by molar-refractivity contribution is 6.43. The smallest absolute Gasteiger partial charge is 0.426 e. The van der Waals surface area contributed by atoms with Crippen molar-refractivity contribution >= 4 is 25.3 Å². The van der Waals surface area contributed by atoms with Crippen molar-refractivity contribution in [3.8, 4) is 0 Å². The van der Waals surface area contributed by atoms with Crippen molar-refractivity contribution in [2.45, 2.75) is 50.5 Å². The van der Waals surface area contributed by atoms with Crippen LogP contribution in [0.5, 0.6) is 0 Å². The predicted molar refractivity (Wildman–Crippen MR) is 108 cm³/mol. The second-order valence-electron chi connectivity index (χ2n) is 6.96. The van der Waals surface area contributed by atoms with Crippen molar-refractivity contribution in [1.29, 1.82) is 0 Å². The highest BCUT2D eigenvalue weighted by atomic mass is 16.4. The lowest BCUT2D eigenvalue weighted by molar-refractivity contribution is -0.138. The number of carbonyl (C=O) groups is 2. The first-order valence-electron chi connectivity index (χ1n) is 9.73. The fraction of sp³-hybridized carbons (Fsp3) is 0.526. The minimum atomic E-state index is -1.67. The van der Waals surface area contributed by atoms with E-state index >= 15 is 0 Å². The van der Waals surface area contributed by atoms with Gasteiger partial charge in [0.2, 0.25) is 11.8 Å². The summed E-state index contributed by atoms with van der Waals surface area (Å²) >= 11 is 0. The van der Waals surface area contributed by atoms with Gasteiger partial charge >= 0.3 is 7.12 Å². The summed E-state index contributed by atoms with van der Waals surface area (Å²) in [5, 5.41) is 21.8. The first kappa shape index (κ1) is 21.9. The van der Waals surface area contributed by atoms with E-state index in [-0.39, 0.29) is 11.8 Å². The maximum atomic E-state index is 12.7. The normalized spacial score (nSPS) is 17.6. The maximum Gasteiger partial charge on any atom is 0.475 e. The van der Waals surface area contributed by atoms with Gasteiger partial charge in [-0.3, -0.25) is 14.6 Å². The zero-order chi connectivity index (χ0) is 20.4. The van der Waals surface area contributed by atoms with E-state index in [4.69, 9.17) is 5.73 Å². The molecule has 9 heteroatoms. The number of aliphatic imine (C=N–C) groups is 1. The van der Waals surface area contributed by atoms with E-state index in [0.717, 1.165) is 12.0 Å². The van der Waals surface area contributed by atoms with Crippen LogP contribution in [0.15, 0.2) is 35.3 Å². The Labute approximate surface area is 166 Å². The molecule has 0 saturated carbocycles. The van der Waals surface area contributed by atoms with Gasteiger partial charge < -0.3 is 26.0 Å². The van der Waals surface area contributed by atoms with E-state index in [2.05, 4.69) is 10.3 Å². The van der Waals surface area contributed by atoms with Gasteiger partial charge in [0, 0.05) is 19.5 Å². The number of aryl methyl sites for hydroxylation is 1. The molecule has 28 heavy (non-hydrogen) atoms. The molecular formula is C19H29BN4O4. The van der Waals surface area contributed by atoms with Crippen molar-refractivity contribution < 1.29 is 19.6 Å². The first-order chi connectivity index (χ1) is 13.5. The summed E-state index contributed by atoms with van der Waals surface area (Å²) in [5.41, 5.74) is 6.26. The Hall–Kier alpha value is -2.39. The van der Waals surface area contributed by atoms with E-state index in [9.17, 15) is 19.6 Å². The number of hydrogen-bond donors (Lipinski definition) is 4. The number of benzene rings is 1. The summed E-state index contributed by atoms with van der Waals surface area (Å²) in [6, 6.07) is 9.19. The van der Waals surface area contributed by atoms with Crippen molar-refractivity contribution in [3.63, 3.8) is 0 Å². The van der Waals surface area contributed by atoms with Crippen LogP contribution in [0.3, 0.4) is 0 Å². The van der Waals surface area contributed by atoms with Crippen LogP contribution in [0, 0.1) is 0 Å². The SMILES string of the molecule is NC=NCCCC(NC(=O)[C@@H]1CCCN1C(=O)CCc1ccccc1)B(O)O. The molecule has 2 atom stereocenters. The molecule has 2 rings (SSSR count). The van der Waals surface area contributed by atoms with Crippen LogP contribution >= 0.6 is 0 Å². The molecule has 0 spiro atoms. The minimum Gasteiger partial charge on any atom is -0.426 e. The van der Waals surface area contributed by atoms with Crippen LogP contribution < -0.4 is 11.1 Å². The molecule has 5 N–H and O–H groups in total. The van der Waals surface area contributed by atoms with E-state index < -0.39 is 19.1 Å². The Balaban J connectivity index is 1.88. The second kappa shape index (κ2) is 11.5. The van der Waals surface area contributed by atoms with Gasteiger partial charge in [-0.25, -0.2) is 0 Å². The Morgan fingerprint density at radius 1 is 1.36 bits per heavy atom. The highest BCUT2D eigenvalue weighted by Gasteiger charge is 2.36. The van der Waals surface area contributed by atoms with Crippen molar-refractivity contribution in [3.05, 3.63) is 35.9 Å². The van der Waals surface area contributed by atoms with Crippen LogP contribution in [0.1, 0.15) is 37.7 Å². The maximum absolute atomic E-state index is 12.7. The average Bonchev–Trinajstić information content (AvgIpc) is 3.19. The zero-order valence-electron chi connectivity index (χ0n) is 16.0. The number of nitrogens with two attached hydrogens (primary N) is 1. The van der Waals surface area contributed by atoms with E-state index in [1.165, 1.54) is 6.34 Å². The molecule has 0 bridgehead atoms. The number of amides is 2. The lowest BCUT2D eigenvalue weighted by atomic mass is 9.76. The molecule has 1 fully saturated rings. The van der Waals surface area contributed by atoms with E-state index in [1.807, 2.05) is 30.3 Å². The number of hydrogen-bond acceptors (Lipinski definition) is 5. The summed E-state index contributed by atoms with van der Waals surface area (Å²) in [6.45, 7) is 0.992. The molecule has 0 aliphatic carbocycles. The quantitative estimate of drug-likeness (QED) is 0.192. The molecule has 0 aromatic heterocycles. The molecule has 1 unspecified atom stereocenters. The third-order valence-electron chi connectivity index (χ3n) is 4.94. The topological polar surface area (TPSA) is 128 Å². The summed E-state index contributed by atoms with van der Waals surface area (Å²) in [7, 11) is -1.67. The monoisotopic (exact) mass is 388 g/mol. The molecule has 1 aromatic carbocycles. The summed E-state index contributed by atoms with van der Waals surface area (Å²) in [6.07, 6.45) is 4.42. The lowest BCUT2D eigenvalue weighted by Gasteiger charge is -2.26. The molecule has 1 saturated heterocycles. The fourth-order valence-corrected chi connectivity index (χ4v) is 3.43. The Kier molecular flexibility index (Phi) is 8.96. The molecule has 1 heterocycles. The van der Waals surface area contributed by atoms with Gasteiger partial charge in [-0.1, -0.05) is 30.3 Å². The standard InChI is InChI=1S/C19H29BN4O4/c21-14-22-12-4-9-17(20(27)28)23-19(26)16-8-5-13-24(16)18(25)11-10-15-6-2-1-3-7-15/h1-3,6-7,14,16-17,27-28H,4-5,8-13H2,(H2,21,22)(H,23,26)/t16-,17?/m0/s1. The van der Waals surface area contributed by atoms with E-state index in [0.29, 0.717) is 45.2 Å². The van der Waals surface area contributed by atoms with Crippen LogP contribution in [0.25, 0.3) is 0 Å². The third kappa shape index (κ3) is 6.65. The Morgan fingerprint density at radius 3 is 2.79 bits per heavy atom. The third-order valence-corrected chi connectivity index (χ3v) is 4.94. The molecule has 0 radical (unpaired) electrons. The Bertz CT molecular complexity index is 657. The largest absolute Gasteiger partial charge is 0.475 e. The van der Waals surface area contributed by atoms with Gasteiger partial charge in [-0.2, -0.15) is 0 Å². The molecule has 1 aliphatic heterocycles. The van der Waals surface area contributed by atoms with Crippen molar-refractivity contribution in [1.82, 2.24) is 10.2 Å². The van der Waals surface area contributed by atoms with Gasteiger partial charge in [-0.05, 0) is 37.7 Å². The second-order valence-corrected chi connectivity index (χ2v) is 6.96. The van der Waals surface area contributed by atoms with E-state index in [1.54, 1.807) is 4.90 Å². The van der Waals surface area contributed by atoms with Crippen LogP contribution in [0.2, 0.25) is 0 Å². The van der Waals surface area contributed by atoms with Gasteiger partial charge in [0.15, 0.2) is 0 Å². The predicted octanol–water partition coefficient (Wildman–Crippen LogP) is -0.126. The van der Waals surface area contributed by atoms with Crippen molar-refractivity contribution in [2.24, 2.45) is 10.7 Å². The average molecular weight is 388 g/mol. The number of carbonyl (C=O) groups excluding carboxylic acids is 2. The molecular weight excluding hydrogens is 359 g/mol. The molecule has 1 aromatic rings. The van der Waals surface area contributed by atoms with Gasteiger partial charge in [0.05, 0.1) is 12.3 Å². The number of likely N-dealkylation sites (tertiary alicyclic amines) is 1. The number of nitrogens with zero attached hydrogens (tertiary/aromatic N) is 2. The lowest BCUT2D eigenvalue weighted by Crippen LogP contribution is -2.53. The highest BCUT2D eigenvalue weighted by Crippen LogP contribution is 2.20. The van der Waals surface area contributed by atoms with Crippen LogP contribution in [0.4, 0.5) is 0 Å². The number of rotatable bonds is 10.